The van der Waals surface area contributed by atoms with E-state index in [0.29, 0.717) is 23.1 Å². The molecular weight excluding hydrogens is 416 g/mol. The number of hydrogen-bond acceptors (Lipinski definition) is 6. The predicted octanol–water partition coefficient (Wildman–Crippen LogP) is 4.41. The topological polar surface area (TPSA) is 61.2 Å². The SMILES string of the molecule is COC(=O)c1ccc(CSc2nc3c(c(=O)n2Cc2ccccc2)SC(C)C3)cc1. The lowest BCUT2D eigenvalue weighted by molar-refractivity contribution is 0.0600. The van der Waals surface area contributed by atoms with Crippen LogP contribution in [-0.4, -0.2) is 27.9 Å². The third-order valence-electron chi connectivity index (χ3n) is 4.89. The number of methoxy groups -OCH3 is 1. The Bertz CT molecular complexity index is 1110. The molecule has 1 aromatic heterocycles. The lowest BCUT2D eigenvalue weighted by Crippen LogP contribution is -2.25. The van der Waals surface area contributed by atoms with Crippen molar-refractivity contribution in [2.45, 2.75) is 40.9 Å². The molecule has 2 aromatic carbocycles. The summed E-state index contributed by atoms with van der Waals surface area (Å²) in [7, 11) is 1.37. The largest absolute Gasteiger partial charge is 0.465 e. The van der Waals surface area contributed by atoms with Gasteiger partial charge in [0.15, 0.2) is 5.16 Å². The fraction of sp³-hybridized carbons (Fsp3) is 0.261. The average molecular weight is 439 g/mol. The van der Waals surface area contributed by atoms with Gasteiger partial charge in [-0.1, -0.05) is 61.2 Å². The van der Waals surface area contributed by atoms with Gasteiger partial charge in [0.25, 0.3) is 5.56 Å². The molecule has 0 bridgehead atoms. The molecule has 30 heavy (non-hydrogen) atoms. The van der Waals surface area contributed by atoms with Crippen molar-refractivity contribution >= 4 is 29.5 Å². The molecule has 5 nitrogen and oxygen atoms in total. The molecule has 1 atom stereocenters. The van der Waals surface area contributed by atoms with Crippen LogP contribution in [0.4, 0.5) is 0 Å². The molecule has 1 unspecified atom stereocenters. The van der Waals surface area contributed by atoms with Crippen molar-refractivity contribution in [1.82, 2.24) is 9.55 Å². The number of thioether (sulfide) groups is 2. The Hall–Kier alpha value is -2.51. The van der Waals surface area contributed by atoms with Crippen molar-refractivity contribution in [2.24, 2.45) is 0 Å². The van der Waals surface area contributed by atoms with Gasteiger partial charge in [0.05, 0.1) is 29.8 Å². The molecule has 0 radical (unpaired) electrons. The zero-order valence-electron chi connectivity index (χ0n) is 16.8. The number of esters is 1. The molecule has 7 heteroatoms. The fourth-order valence-corrected chi connectivity index (χ4v) is 5.44. The van der Waals surface area contributed by atoms with Gasteiger partial charge in [0.2, 0.25) is 0 Å². The maximum absolute atomic E-state index is 13.2. The number of nitrogens with zero attached hydrogens (tertiary/aromatic N) is 2. The van der Waals surface area contributed by atoms with Crippen LogP contribution in [0.5, 0.6) is 0 Å². The maximum atomic E-state index is 13.2. The zero-order chi connectivity index (χ0) is 21.1. The standard InChI is InChI=1S/C23H22N2O3S2/c1-15-12-19-20(30-15)21(26)25(13-16-6-4-3-5-7-16)23(24-19)29-14-17-8-10-18(11-9-17)22(27)28-2/h3-11,15H,12-14H2,1-2H3. The van der Waals surface area contributed by atoms with E-state index in [9.17, 15) is 9.59 Å². The van der Waals surface area contributed by atoms with Crippen LogP contribution < -0.4 is 5.56 Å². The first-order chi connectivity index (χ1) is 14.5. The van der Waals surface area contributed by atoms with Crippen molar-refractivity contribution in [2.75, 3.05) is 7.11 Å². The van der Waals surface area contributed by atoms with E-state index in [1.807, 2.05) is 42.5 Å². The summed E-state index contributed by atoms with van der Waals surface area (Å²) in [5.74, 6) is 0.308. The quantitative estimate of drug-likeness (QED) is 0.323. The molecule has 1 aliphatic heterocycles. The predicted molar refractivity (Wildman–Crippen MR) is 120 cm³/mol. The Labute approximate surface area is 183 Å². The molecule has 0 spiro atoms. The molecule has 154 valence electrons. The summed E-state index contributed by atoms with van der Waals surface area (Å²) in [4.78, 5) is 30.5. The van der Waals surface area contributed by atoms with E-state index in [-0.39, 0.29) is 11.5 Å². The van der Waals surface area contributed by atoms with Gasteiger partial charge >= 0.3 is 5.97 Å². The Morgan fingerprint density at radius 3 is 2.60 bits per heavy atom. The Morgan fingerprint density at radius 1 is 1.17 bits per heavy atom. The van der Waals surface area contributed by atoms with Crippen LogP contribution in [0, 0.1) is 0 Å². The smallest absolute Gasteiger partial charge is 0.337 e. The van der Waals surface area contributed by atoms with E-state index < -0.39 is 0 Å². The minimum absolute atomic E-state index is 0.0433. The van der Waals surface area contributed by atoms with Crippen LogP contribution in [0.15, 0.2) is 69.4 Å². The Morgan fingerprint density at radius 2 is 1.90 bits per heavy atom. The van der Waals surface area contributed by atoms with Crippen molar-refractivity contribution < 1.29 is 9.53 Å². The molecule has 0 fully saturated rings. The number of rotatable bonds is 6. The second kappa shape index (κ2) is 9.10. The fourth-order valence-electron chi connectivity index (χ4n) is 3.35. The molecule has 4 rings (SSSR count). The lowest BCUT2D eigenvalue weighted by atomic mass is 10.1. The van der Waals surface area contributed by atoms with Gasteiger partial charge in [-0.25, -0.2) is 9.78 Å². The molecule has 0 N–H and O–H groups in total. The van der Waals surface area contributed by atoms with E-state index in [1.165, 1.54) is 7.11 Å². The number of benzene rings is 2. The molecular formula is C23H22N2O3S2. The van der Waals surface area contributed by atoms with Crippen molar-refractivity contribution in [3.8, 4) is 0 Å². The van der Waals surface area contributed by atoms with Crippen molar-refractivity contribution in [3.05, 3.63) is 87.3 Å². The molecule has 0 saturated heterocycles. The van der Waals surface area contributed by atoms with E-state index in [2.05, 4.69) is 6.92 Å². The van der Waals surface area contributed by atoms with Gasteiger partial charge in [0, 0.05) is 17.4 Å². The molecule has 1 aliphatic rings. The van der Waals surface area contributed by atoms with Gasteiger partial charge in [-0.3, -0.25) is 9.36 Å². The highest BCUT2D eigenvalue weighted by Crippen LogP contribution is 2.34. The number of aromatic nitrogens is 2. The van der Waals surface area contributed by atoms with E-state index in [4.69, 9.17) is 9.72 Å². The van der Waals surface area contributed by atoms with Gasteiger partial charge in [0.1, 0.15) is 0 Å². The number of fused-ring (bicyclic) bond motifs is 1. The minimum Gasteiger partial charge on any atom is -0.465 e. The van der Waals surface area contributed by atoms with Crippen LogP contribution in [0.25, 0.3) is 0 Å². The summed E-state index contributed by atoms with van der Waals surface area (Å²) >= 11 is 3.17. The van der Waals surface area contributed by atoms with Gasteiger partial charge in [-0.15, -0.1) is 11.8 Å². The van der Waals surface area contributed by atoms with Crippen LogP contribution in [0.3, 0.4) is 0 Å². The van der Waals surface area contributed by atoms with E-state index in [1.54, 1.807) is 40.2 Å². The number of carbonyl (C=O) groups is 1. The maximum Gasteiger partial charge on any atom is 0.337 e. The molecule has 0 aliphatic carbocycles. The van der Waals surface area contributed by atoms with Crippen LogP contribution in [0.2, 0.25) is 0 Å². The monoisotopic (exact) mass is 438 g/mol. The van der Waals surface area contributed by atoms with E-state index in [0.717, 1.165) is 33.3 Å². The molecule has 0 saturated carbocycles. The van der Waals surface area contributed by atoms with Gasteiger partial charge in [-0.2, -0.15) is 0 Å². The summed E-state index contributed by atoms with van der Waals surface area (Å²) in [5, 5.41) is 1.10. The average Bonchev–Trinajstić information content (AvgIpc) is 3.15. The van der Waals surface area contributed by atoms with Crippen LogP contribution in [0.1, 0.15) is 34.1 Å². The first-order valence-electron chi connectivity index (χ1n) is 9.69. The highest BCUT2D eigenvalue weighted by atomic mass is 32.2. The Kier molecular flexibility index (Phi) is 6.29. The van der Waals surface area contributed by atoms with Crippen molar-refractivity contribution in [1.29, 1.82) is 0 Å². The Balaban J connectivity index is 1.61. The summed E-state index contributed by atoms with van der Waals surface area (Å²) in [5.41, 5.74) is 3.60. The minimum atomic E-state index is -0.349. The number of hydrogen-bond donors (Lipinski definition) is 0. The first kappa shape index (κ1) is 20.8. The van der Waals surface area contributed by atoms with Crippen LogP contribution >= 0.6 is 23.5 Å². The zero-order valence-corrected chi connectivity index (χ0v) is 18.5. The second-order valence-corrected chi connectivity index (χ2v) is 9.55. The molecule has 0 amide bonds. The highest BCUT2D eigenvalue weighted by molar-refractivity contribution is 8.00. The van der Waals surface area contributed by atoms with Gasteiger partial charge in [-0.05, 0) is 23.3 Å². The summed E-state index contributed by atoms with van der Waals surface area (Å²) in [6.07, 6.45) is 0.822. The normalized spacial score (nSPS) is 15.1. The summed E-state index contributed by atoms with van der Waals surface area (Å²) < 4.78 is 6.53. The molecule has 3 aromatic rings. The summed E-state index contributed by atoms with van der Waals surface area (Å²) in [6, 6.07) is 17.3. The highest BCUT2D eigenvalue weighted by Gasteiger charge is 2.26. The molecule has 2 heterocycles. The van der Waals surface area contributed by atoms with E-state index >= 15 is 0 Å². The number of ether oxygens (including phenoxy) is 1. The second-order valence-electron chi connectivity index (χ2n) is 7.16. The van der Waals surface area contributed by atoms with Crippen molar-refractivity contribution in [3.63, 3.8) is 0 Å². The van der Waals surface area contributed by atoms with Gasteiger partial charge < -0.3 is 4.74 Å². The lowest BCUT2D eigenvalue weighted by Gasteiger charge is -2.14. The third kappa shape index (κ3) is 4.47. The summed E-state index contributed by atoms with van der Waals surface area (Å²) in [6.45, 7) is 2.63. The number of carbonyl (C=O) groups excluding carboxylic acids is 1. The van der Waals surface area contributed by atoms with Crippen LogP contribution in [-0.2, 0) is 23.5 Å². The third-order valence-corrected chi connectivity index (χ3v) is 7.15. The first-order valence-corrected chi connectivity index (χ1v) is 11.6.